The van der Waals surface area contributed by atoms with Gasteiger partial charge in [-0.1, -0.05) is 19.9 Å². The van der Waals surface area contributed by atoms with E-state index in [9.17, 15) is 0 Å². The summed E-state index contributed by atoms with van der Waals surface area (Å²) in [7, 11) is 0. The molecule has 1 heterocycles. The highest BCUT2D eigenvalue weighted by Gasteiger charge is 1.99. The summed E-state index contributed by atoms with van der Waals surface area (Å²) >= 11 is 0. The summed E-state index contributed by atoms with van der Waals surface area (Å²) < 4.78 is 0. The van der Waals surface area contributed by atoms with Crippen molar-refractivity contribution in [2.75, 3.05) is 0 Å². The molecule has 0 aliphatic rings. The van der Waals surface area contributed by atoms with Crippen LogP contribution in [0.15, 0.2) is 30.5 Å². The number of rotatable bonds is 3. The number of aryl methyl sites for hydroxylation is 1. The SMILES string of the molecule is Cc1cnc2ccc(CNC(C)C)cc2c1. The highest BCUT2D eigenvalue weighted by atomic mass is 14.9. The molecule has 1 N–H and O–H groups in total. The Bertz CT molecular complexity index is 489. The van der Waals surface area contributed by atoms with Gasteiger partial charge in [0.25, 0.3) is 0 Å². The Morgan fingerprint density at radius 1 is 1.25 bits per heavy atom. The lowest BCUT2D eigenvalue weighted by Crippen LogP contribution is -2.21. The zero-order valence-corrected chi connectivity index (χ0v) is 10.1. The lowest BCUT2D eigenvalue weighted by Gasteiger charge is -2.08. The Morgan fingerprint density at radius 3 is 2.81 bits per heavy atom. The Morgan fingerprint density at radius 2 is 2.06 bits per heavy atom. The minimum atomic E-state index is 0.520. The van der Waals surface area contributed by atoms with Crippen LogP contribution in [0.4, 0.5) is 0 Å². The van der Waals surface area contributed by atoms with Gasteiger partial charge in [0.05, 0.1) is 5.52 Å². The maximum absolute atomic E-state index is 4.40. The van der Waals surface area contributed by atoms with Gasteiger partial charge in [0.1, 0.15) is 0 Å². The Hall–Kier alpha value is -1.41. The molecule has 0 atom stereocenters. The molecule has 0 aliphatic carbocycles. The summed E-state index contributed by atoms with van der Waals surface area (Å²) in [5.41, 5.74) is 3.59. The monoisotopic (exact) mass is 214 g/mol. The van der Waals surface area contributed by atoms with E-state index < -0.39 is 0 Å². The van der Waals surface area contributed by atoms with E-state index in [0.717, 1.165) is 12.1 Å². The van der Waals surface area contributed by atoms with E-state index in [1.54, 1.807) is 0 Å². The molecule has 0 aliphatic heterocycles. The zero-order valence-electron chi connectivity index (χ0n) is 10.1. The van der Waals surface area contributed by atoms with Crippen LogP contribution in [0.5, 0.6) is 0 Å². The summed E-state index contributed by atoms with van der Waals surface area (Å²) in [5, 5.41) is 4.65. The fourth-order valence-electron chi connectivity index (χ4n) is 1.72. The lowest BCUT2D eigenvalue weighted by atomic mass is 10.1. The average Bonchev–Trinajstić information content (AvgIpc) is 2.25. The van der Waals surface area contributed by atoms with Gasteiger partial charge in [0, 0.05) is 24.2 Å². The number of hydrogen-bond donors (Lipinski definition) is 1. The Labute approximate surface area is 96.7 Å². The molecular formula is C14H18N2. The summed E-state index contributed by atoms with van der Waals surface area (Å²) in [6.45, 7) is 7.31. The van der Waals surface area contributed by atoms with Crippen molar-refractivity contribution >= 4 is 10.9 Å². The van der Waals surface area contributed by atoms with Crippen LogP contribution in [0, 0.1) is 6.92 Å². The molecule has 2 aromatic rings. The highest BCUT2D eigenvalue weighted by Crippen LogP contribution is 2.15. The van der Waals surface area contributed by atoms with E-state index >= 15 is 0 Å². The van der Waals surface area contributed by atoms with Crippen LogP contribution in [0.1, 0.15) is 25.0 Å². The summed E-state index contributed by atoms with van der Waals surface area (Å²) in [6.07, 6.45) is 1.91. The molecule has 0 fully saturated rings. The molecule has 2 nitrogen and oxygen atoms in total. The lowest BCUT2D eigenvalue weighted by molar-refractivity contribution is 0.589. The first-order valence-electron chi connectivity index (χ1n) is 5.74. The third-order valence-electron chi connectivity index (χ3n) is 2.60. The molecule has 1 aromatic heterocycles. The predicted molar refractivity (Wildman–Crippen MR) is 68.5 cm³/mol. The van der Waals surface area contributed by atoms with E-state index in [4.69, 9.17) is 0 Å². The van der Waals surface area contributed by atoms with Gasteiger partial charge in [-0.2, -0.15) is 0 Å². The van der Waals surface area contributed by atoms with Gasteiger partial charge in [-0.15, -0.1) is 0 Å². The van der Waals surface area contributed by atoms with Gasteiger partial charge >= 0.3 is 0 Å². The van der Waals surface area contributed by atoms with Gasteiger partial charge in [-0.05, 0) is 36.2 Å². The second-order valence-electron chi connectivity index (χ2n) is 4.58. The van der Waals surface area contributed by atoms with Gasteiger partial charge in [-0.3, -0.25) is 4.98 Å². The molecular weight excluding hydrogens is 196 g/mol. The first-order valence-corrected chi connectivity index (χ1v) is 5.74. The molecule has 1 aromatic carbocycles. The molecule has 84 valence electrons. The van der Waals surface area contributed by atoms with E-state index in [1.165, 1.54) is 16.5 Å². The fraction of sp³-hybridized carbons (Fsp3) is 0.357. The van der Waals surface area contributed by atoms with Crippen LogP contribution < -0.4 is 5.32 Å². The van der Waals surface area contributed by atoms with E-state index in [0.29, 0.717) is 6.04 Å². The smallest absolute Gasteiger partial charge is 0.0702 e. The van der Waals surface area contributed by atoms with Crippen LogP contribution in [0.2, 0.25) is 0 Å². The fourth-order valence-corrected chi connectivity index (χ4v) is 1.72. The molecule has 0 saturated heterocycles. The first-order chi connectivity index (χ1) is 7.65. The molecule has 0 amide bonds. The Balaban J connectivity index is 2.28. The molecule has 0 spiro atoms. The maximum atomic E-state index is 4.40. The van der Waals surface area contributed by atoms with Gasteiger partial charge in [-0.25, -0.2) is 0 Å². The topological polar surface area (TPSA) is 24.9 Å². The number of hydrogen-bond acceptors (Lipinski definition) is 2. The largest absolute Gasteiger partial charge is 0.310 e. The summed E-state index contributed by atoms with van der Waals surface area (Å²) in [4.78, 5) is 4.40. The van der Waals surface area contributed by atoms with Crippen molar-refractivity contribution in [3.05, 3.63) is 41.6 Å². The van der Waals surface area contributed by atoms with E-state index in [2.05, 4.69) is 55.3 Å². The predicted octanol–water partition coefficient (Wildman–Crippen LogP) is 3.04. The first kappa shape index (κ1) is 11.1. The molecule has 0 radical (unpaired) electrons. The quantitative estimate of drug-likeness (QED) is 0.849. The van der Waals surface area contributed by atoms with Crippen molar-refractivity contribution in [3.8, 4) is 0 Å². The van der Waals surface area contributed by atoms with Crippen molar-refractivity contribution < 1.29 is 0 Å². The molecule has 0 bridgehead atoms. The summed E-state index contributed by atoms with van der Waals surface area (Å²) in [6, 6.07) is 9.14. The number of nitrogens with zero attached hydrogens (tertiary/aromatic N) is 1. The van der Waals surface area contributed by atoms with Crippen LogP contribution in [-0.2, 0) is 6.54 Å². The van der Waals surface area contributed by atoms with E-state index in [1.807, 2.05) is 6.20 Å². The number of benzene rings is 1. The standard InChI is InChI=1S/C14H18N2/c1-10(2)15-9-12-4-5-14-13(7-12)6-11(3)8-16-14/h4-8,10,15H,9H2,1-3H3. The number of aromatic nitrogens is 1. The van der Waals surface area contributed by atoms with Crippen molar-refractivity contribution in [3.63, 3.8) is 0 Å². The van der Waals surface area contributed by atoms with Crippen LogP contribution in [0.25, 0.3) is 10.9 Å². The van der Waals surface area contributed by atoms with E-state index in [-0.39, 0.29) is 0 Å². The maximum Gasteiger partial charge on any atom is 0.0702 e. The molecule has 2 heteroatoms. The number of fused-ring (bicyclic) bond motifs is 1. The van der Waals surface area contributed by atoms with Crippen molar-refractivity contribution in [1.29, 1.82) is 0 Å². The minimum absolute atomic E-state index is 0.520. The summed E-state index contributed by atoms with van der Waals surface area (Å²) in [5.74, 6) is 0. The molecule has 2 rings (SSSR count). The van der Waals surface area contributed by atoms with Crippen LogP contribution in [0.3, 0.4) is 0 Å². The third kappa shape index (κ3) is 2.58. The molecule has 16 heavy (non-hydrogen) atoms. The minimum Gasteiger partial charge on any atom is -0.310 e. The molecule has 0 saturated carbocycles. The number of nitrogens with one attached hydrogen (secondary N) is 1. The van der Waals surface area contributed by atoms with Gasteiger partial charge in [0.15, 0.2) is 0 Å². The molecule has 0 unspecified atom stereocenters. The second-order valence-corrected chi connectivity index (χ2v) is 4.58. The zero-order chi connectivity index (χ0) is 11.5. The third-order valence-corrected chi connectivity index (χ3v) is 2.60. The Kier molecular flexibility index (Phi) is 3.20. The van der Waals surface area contributed by atoms with Crippen LogP contribution >= 0.6 is 0 Å². The van der Waals surface area contributed by atoms with Crippen molar-refractivity contribution in [2.24, 2.45) is 0 Å². The van der Waals surface area contributed by atoms with Gasteiger partial charge < -0.3 is 5.32 Å². The van der Waals surface area contributed by atoms with Crippen molar-refractivity contribution in [1.82, 2.24) is 10.3 Å². The second kappa shape index (κ2) is 4.62. The average molecular weight is 214 g/mol. The highest BCUT2D eigenvalue weighted by molar-refractivity contribution is 5.79. The van der Waals surface area contributed by atoms with Gasteiger partial charge in [0.2, 0.25) is 0 Å². The normalized spacial score (nSPS) is 11.2. The van der Waals surface area contributed by atoms with Crippen molar-refractivity contribution in [2.45, 2.75) is 33.4 Å². The van der Waals surface area contributed by atoms with Crippen LogP contribution in [-0.4, -0.2) is 11.0 Å². The number of pyridine rings is 1.